The highest BCUT2D eigenvalue weighted by Crippen LogP contribution is 2.11. The van der Waals surface area contributed by atoms with Crippen molar-refractivity contribution in [3.63, 3.8) is 0 Å². The Morgan fingerprint density at radius 1 is 1.07 bits per heavy atom. The van der Waals surface area contributed by atoms with Crippen molar-refractivity contribution in [1.82, 2.24) is 16.0 Å². The van der Waals surface area contributed by atoms with Crippen molar-refractivity contribution in [2.45, 2.75) is 37.8 Å². The van der Waals surface area contributed by atoms with Gasteiger partial charge >= 0.3 is 5.97 Å². The van der Waals surface area contributed by atoms with Gasteiger partial charge in [-0.1, -0.05) is 12.1 Å². The molecule has 0 heterocycles. The van der Waals surface area contributed by atoms with E-state index in [1.807, 2.05) is 0 Å². The molecule has 0 bridgehead atoms. The summed E-state index contributed by atoms with van der Waals surface area (Å²) >= 11 is 0. The van der Waals surface area contributed by atoms with Crippen LogP contribution in [0, 0.1) is 0 Å². The number of carboxylic acids is 1. The maximum atomic E-state index is 12.6. The Labute approximate surface area is 162 Å². The van der Waals surface area contributed by atoms with Gasteiger partial charge in [-0.15, -0.1) is 0 Å². The van der Waals surface area contributed by atoms with Crippen LogP contribution in [0.4, 0.5) is 0 Å². The van der Waals surface area contributed by atoms with E-state index in [0.717, 1.165) is 0 Å². The smallest absolute Gasteiger partial charge is 0.322 e. The molecule has 1 aromatic carbocycles. The minimum atomic E-state index is -1.20. The van der Waals surface area contributed by atoms with Gasteiger partial charge in [-0.3, -0.25) is 19.2 Å². The minimum Gasteiger partial charge on any atom is -0.508 e. The second-order valence-corrected chi connectivity index (χ2v) is 6.16. The zero-order valence-electron chi connectivity index (χ0n) is 15.4. The van der Waals surface area contributed by atoms with E-state index in [1.165, 1.54) is 12.1 Å². The van der Waals surface area contributed by atoms with Crippen molar-refractivity contribution < 1.29 is 29.4 Å². The summed E-state index contributed by atoms with van der Waals surface area (Å²) in [5.74, 6) is -2.33. The summed E-state index contributed by atoms with van der Waals surface area (Å²) in [6.45, 7) is -0.140. The van der Waals surface area contributed by atoms with Gasteiger partial charge in [0.15, 0.2) is 0 Å². The molecule has 154 valence electrons. The molecule has 1 rings (SSSR count). The quantitative estimate of drug-likeness (QED) is 0.181. The van der Waals surface area contributed by atoms with Crippen LogP contribution in [0.5, 0.6) is 5.75 Å². The molecular formula is C18H26N4O6. The number of aliphatic carboxylic acids is 1. The first kappa shape index (κ1) is 22.9. The van der Waals surface area contributed by atoms with Gasteiger partial charge in [0.2, 0.25) is 18.2 Å². The number of carbonyl (C=O) groups excluding carboxylic acids is 3. The maximum Gasteiger partial charge on any atom is 0.322 e. The predicted molar refractivity (Wildman–Crippen MR) is 100 cm³/mol. The Morgan fingerprint density at radius 2 is 1.75 bits per heavy atom. The van der Waals surface area contributed by atoms with E-state index in [9.17, 15) is 24.3 Å². The van der Waals surface area contributed by atoms with E-state index >= 15 is 0 Å². The first-order valence-electron chi connectivity index (χ1n) is 8.85. The monoisotopic (exact) mass is 394 g/mol. The van der Waals surface area contributed by atoms with Crippen LogP contribution in [0.1, 0.15) is 24.8 Å². The van der Waals surface area contributed by atoms with Crippen LogP contribution in [-0.4, -0.2) is 59.6 Å². The predicted octanol–water partition coefficient (Wildman–Crippen LogP) is -1.14. The van der Waals surface area contributed by atoms with E-state index in [0.29, 0.717) is 31.4 Å². The second kappa shape index (κ2) is 12.3. The molecule has 0 aliphatic carbocycles. The Balaban J connectivity index is 2.80. The van der Waals surface area contributed by atoms with Gasteiger partial charge in [0.25, 0.3) is 0 Å². The van der Waals surface area contributed by atoms with E-state index in [2.05, 4.69) is 16.0 Å². The second-order valence-electron chi connectivity index (χ2n) is 6.16. The highest BCUT2D eigenvalue weighted by molar-refractivity contribution is 5.91. The van der Waals surface area contributed by atoms with Crippen molar-refractivity contribution in [2.75, 3.05) is 13.1 Å². The molecule has 2 atom stereocenters. The van der Waals surface area contributed by atoms with Crippen molar-refractivity contribution in [3.05, 3.63) is 29.8 Å². The van der Waals surface area contributed by atoms with Gasteiger partial charge in [0, 0.05) is 6.42 Å². The average molecular weight is 394 g/mol. The molecule has 0 aromatic heterocycles. The molecule has 0 spiro atoms. The number of amides is 3. The molecule has 0 saturated carbocycles. The summed E-state index contributed by atoms with van der Waals surface area (Å²) in [5.41, 5.74) is 6.14. The van der Waals surface area contributed by atoms with Crippen LogP contribution in [0.2, 0.25) is 0 Å². The number of hydrogen-bond donors (Lipinski definition) is 6. The fraction of sp³-hybridized carbons (Fsp3) is 0.444. The number of unbranched alkanes of at least 4 members (excludes halogenated alkanes) is 1. The first-order valence-corrected chi connectivity index (χ1v) is 8.85. The van der Waals surface area contributed by atoms with E-state index in [4.69, 9.17) is 10.8 Å². The molecule has 0 aliphatic rings. The average Bonchev–Trinajstić information content (AvgIpc) is 2.66. The molecule has 0 radical (unpaired) electrons. The van der Waals surface area contributed by atoms with Gasteiger partial charge in [0.1, 0.15) is 24.4 Å². The lowest BCUT2D eigenvalue weighted by molar-refractivity contribution is -0.138. The zero-order chi connectivity index (χ0) is 20.9. The first-order chi connectivity index (χ1) is 13.4. The number of carbonyl (C=O) groups is 4. The summed E-state index contributed by atoms with van der Waals surface area (Å²) in [4.78, 5) is 46.3. The van der Waals surface area contributed by atoms with Gasteiger partial charge in [-0.25, -0.2) is 0 Å². The SMILES string of the molecule is NCCCCC(NC(=O)[C@H](Cc1ccc(O)cc1)NC=O)C(=O)NCC(=O)O. The normalized spacial score (nSPS) is 12.5. The zero-order valence-corrected chi connectivity index (χ0v) is 15.4. The van der Waals surface area contributed by atoms with Crippen molar-refractivity contribution >= 4 is 24.2 Å². The summed E-state index contributed by atoms with van der Waals surface area (Å²) in [6, 6.07) is 4.25. The van der Waals surface area contributed by atoms with E-state index < -0.39 is 36.4 Å². The van der Waals surface area contributed by atoms with Crippen LogP contribution in [-0.2, 0) is 25.6 Å². The standard InChI is InChI=1S/C18H26N4O6/c19-8-2-1-3-14(17(27)20-10-16(25)26)22-18(28)15(21-11-23)9-12-4-6-13(24)7-5-12/h4-7,11,14-15,24H,1-3,8-10,19H2,(H,20,27)(H,21,23)(H,22,28)(H,25,26)/t14?,15-/m0/s1. The van der Waals surface area contributed by atoms with Crippen molar-refractivity contribution in [1.29, 1.82) is 0 Å². The molecule has 0 saturated heterocycles. The number of carboxylic acid groups (broad SMARTS) is 1. The van der Waals surface area contributed by atoms with Gasteiger partial charge in [0.05, 0.1) is 0 Å². The van der Waals surface area contributed by atoms with Crippen LogP contribution >= 0.6 is 0 Å². The summed E-state index contributed by atoms with van der Waals surface area (Å²) in [7, 11) is 0. The van der Waals surface area contributed by atoms with Crippen LogP contribution < -0.4 is 21.7 Å². The Morgan fingerprint density at radius 3 is 2.32 bits per heavy atom. The number of aromatic hydroxyl groups is 1. The number of phenols is 1. The van der Waals surface area contributed by atoms with Gasteiger partial charge in [-0.05, 0) is 43.5 Å². The number of rotatable bonds is 13. The number of benzene rings is 1. The molecule has 10 heteroatoms. The number of phenolic OH excluding ortho intramolecular Hbond substituents is 1. The molecule has 3 amide bonds. The molecule has 1 aromatic rings. The molecule has 7 N–H and O–H groups in total. The molecule has 0 aliphatic heterocycles. The highest BCUT2D eigenvalue weighted by Gasteiger charge is 2.25. The van der Waals surface area contributed by atoms with Crippen LogP contribution in [0.25, 0.3) is 0 Å². The van der Waals surface area contributed by atoms with Crippen LogP contribution in [0.15, 0.2) is 24.3 Å². The van der Waals surface area contributed by atoms with Crippen LogP contribution in [0.3, 0.4) is 0 Å². The number of nitrogens with one attached hydrogen (secondary N) is 3. The summed E-state index contributed by atoms with van der Waals surface area (Å²) in [6.07, 6.45) is 2.02. The number of hydrogen-bond acceptors (Lipinski definition) is 6. The Hall–Kier alpha value is -3.14. The number of nitrogens with two attached hydrogens (primary N) is 1. The van der Waals surface area contributed by atoms with E-state index in [-0.39, 0.29) is 18.6 Å². The third kappa shape index (κ3) is 8.49. The van der Waals surface area contributed by atoms with Gasteiger partial charge < -0.3 is 31.9 Å². The molecule has 1 unspecified atom stereocenters. The molecular weight excluding hydrogens is 368 g/mol. The Bertz CT molecular complexity index is 665. The molecule has 10 nitrogen and oxygen atoms in total. The fourth-order valence-electron chi connectivity index (χ4n) is 2.50. The maximum absolute atomic E-state index is 12.6. The van der Waals surface area contributed by atoms with Gasteiger partial charge in [-0.2, -0.15) is 0 Å². The largest absolute Gasteiger partial charge is 0.508 e. The summed E-state index contributed by atoms with van der Waals surface area (Å²) in [5, 5.41) is 25.2. The lowest BCUT2D eigenvalue weighted by Gasteiger charge is -2.22. The highest BCUT2D eigenvalue weighted by atomic mass is 16.4. The third-order valence-corrected chi connectivity index (χ3v) is 3.96. The third-order valence-electron chi connectivity index (χ3n) is 3.96. The molecule has 0 fully saturated rings. The lowest BCUT2D eigenvalue weighted by Crippen LogP contribution is -2.53. The van der Waals surface area contributed by atoms with E-state index in [1.54, 1.807) is 12.1 Å². The Kier molecular flexibility index (Phi) is 10.0. The van der Waals surface area contributed by atoms with Crippen molar-refractivity contribution in [3.8, 4) is 5.75 Å². The van der Waals surface area contributed by atoms with Crippen molar-refractivity contribution in [2.24, 2.45) is 5.73 Å². The minimum absolute atomic E-state index is 0.0724. The fourth-order valence-corrected chi connectivity index (χ4v) is 2.50. The topological polar surface area (TPSA) is 171 Å². The molecule has 28 heavy (non-hydrogen) atoms. The summed E-state index contributed by atoms with van der Waals surface area (Å²) < 4.78 is 0. The lowest BCUT2D eigenvalue weighted by atomic mass is 10.0.